The fourth-order valence-electron chi connectivity index (χ4n) is 2.70. The number of nitrogens with zero attached hydrogens (tertiary/aromatic N) is 3. The van der Waals surface area contributed by atoms with E-state index in [1.54, 1.807) is 18.1 Å². The number of hydrogen-bond donors (Lipinski definition) is 2. The molecule has 1 aromatic heterocycles. The van der Waals surface area contributed by atoms with Crippen molar-refractivity contribution < 1.29 is 9.90 Å². The maximum Gasteiger partial charge on any atom is 0.249 e. The first-order valence-corrected chi connectivity index (χ1v) is 8.95. The molecule has 0 radical (unpaired) electrons. The highest BCUT2D eigenvalue weighted by atomic mass is 32.2. The fraction of sp³-hybridized carbons (Fsp3) is 0.786. The zero-order valence-electron chi connectivity index (χ0n) is 12.5. The van der Waals surface area contributed by atoms with Crippen LogP contribution in [0.1, 0.15) is 50.4 Å². The standard InChI is InChI=1S/C14H24N4O2S/c1-21-8-7-12(19)14(20)15-9-13-17-16-10-18(13)11-5-3-2-4-6-11/h10-12,19H,2-9H2,1H3,(H,15,20)/t12-/m0/s1. The van der Waals surface area contributed by atoms with Gasteiger partial charge in [-0.05, 0) is 31.3 Å². The summed E-state index contributed by atoms with van der Waals surface area (Å²) in [4.78, 5) is 11.8. The average Bonchev–Trinajstić information content (AvgIpc) is 2.99. The molecule has 0 unspecified atom stereocenters. The molecule has 0 aliphatic heterocycles. The lowest BCUT2D eigenvalue weighted by Gasteiger charge is -2.24. The minimum Gasteiger partial charge on any atom is -0.383 e. The van der Waals surface area contributed by atoms with Gasteiger partial charge in [-0.3, -0.25) is 4.79 Å². The largest absolute Gasteiger partial charge is 0.383 e. The van der Waals surface area contributed by atoms with Gasteiger partial charge in [-0.25, -0.2) is 0 Å². The number of thioether (sulfide) groups is 1. The Morgan fingerprint density at radius 2 is 2.29 bits per heavy atom. The first kappa shape index (κ1) is 16.3. The smallest absolute Gasteiger partial charge is 0.249 e. The van der Waals surface area contributed by atoms with E-state index in [4.69, 9.17) is 0 Å². The van der Waals surface area contributed by atoms with Crippen LogP contribution in [0.4, 0.5) is 0 Å². The van der Waals surface area contributed by atoms with Crippen LogP contribution in [0, 0.1) is 0 Å². The number of hydrogen-bond acceptors (Lipinski definition) is 5. The summed E-state index contributed by atoms with van der Waals surface area (Å²) in [6.45, 7) is 0.325. The van der Waals surface area contributed by atoms with Crippen LogP contribution >= 0.6 is 11.8 Å². The van der Waals surface area contributed by atoms with Gasteiger partial charge in [-0.2, -0.15) is 11.8 Å². The predicted molar refractivity (Wildman–Crippen MR) is 83.0 cm³/mol. The van der Waals surface area contributed by atoms with Crippen molar-refractivity contribution in [2.45, 2.75) is 57.2 Å². The summed E-state index contributed by atoms with van der Waals surface area (Å²) in [5.74, 6) is 1.21. The number of rotatable bonds is 7. The molecule has 1 aliphatic carbocycles. The summed E-state index contributed by atoms with van der Waals surface area (Å²) < 4.78 is 2.08. The van der Waals surface area contributed by atoms with Gasteiger partial charge in [0.25, 0.3) is 0 Å². The summed E-state index contributed by atoms with van der Waals surface area (Å²) >= 11 is 1.62. The van der Waals surface area contributed by atoms with E-state index in [-0.39, 0.29) is 5.91 Å². The maximum absolute atomic E-state index is 11.8. The Bertz CT molecular complexity index is 446. The van der Waals surface area contributed by atoms with E-state index in [0.29, 0.717) is 19.0 Å². The van der Waals surface area contributed by atoms with Crippen LogP contribution < -0.4 is 5.32 Å². The van der Waals surface area contributed by atoms with Crippen molar-refractivity contribution in [3.05, 3.63) is 12.2 Å². The number of carbonyl (C=O) groups excluding carboxylic acids is 1. The highest BCUT2D eigenvalue weighted by Gasteiger charge is 2.20. The molecule has 1 amide bonds. The Morgan fingerprint density at radius 3 is 3.00 bits per heavy atom. The molecule has 2 rings (SSSR count). The van der Waals surface area contributed by atoms with E-state index < -0.39 is 6.10 Å². The van der Waals surface area contributed by atoms with Crippen LogP contribution in [0.15, 0.2) is 6.33 Å². The molecule has 2 N–H and O–H groups in total. The van der Waals surface area contributed by atoms with Gasteiger partial charge in [-0.15, -0.1) is 10.2 Å². The monoisotopic (exact) mass is 312 g/mol. The number of carbonyl (C=O) groups is 1. The molecule has 0 spiro atoms. The van der Waals surface area contributed by atoms with Gasteiger partial charge in [0, 0.05) is 6.04 Å². The minimum atomic E-state index is -0.941. The normalized spacial score (nSPS) is 17.6. The van der Waals surface area contributed by atoms with Crippen LogP contribution in [-0.2, 0) is 11.3 Å². The second-order valence-electron chi connectivity index (χ2n) is 5.46. The van der Waals surface area contributed by atoms with Crippen LogP contribution in [0.25, 0.3) is 0 Å². The third-order valence-corrected chi connectivity index (χ3v) is 4.58. The van der Waals surface area contributed by atoms with E-state index in [1.807, 2.05) is 6.26 Å². The fourth-order valence-corrected chi connectivity index (χ4v) is 3.16. The number of aliphatic hydroxyl groups excluding tert-OH is 1. The highest BCUT2D eigenvalue weighted by molar-refractivity contribution is 7.98. The maximum atomic E-state index is 11.8. The molecule has 7 heteroatoms. The predicted octanol–water partition coefficient (Wildman–Crippen LogP) is 1.51. The van der Waals surface area contributed by atoms with E-state index >= 15 is 0 Å². The molecule has 6 nitrogen and oxygen atoms in total. The van der Waals surface area contributed by atoms with Crippen molar-refractivity contribution in [1.82, 2.24) is 20.1 Å². The van der Waals surface area contributed by atoms with Gasteiger partial charge in [0.05, 0.1) is 6.54 Å². The van der Waals surface area contributed by atoms with Crippen molar-refractivity contribution in [2.75, 3.05) is 12.0 Å². The topological polar surface area (TPSA) is 80.0 Å². The van der Waals surface area contributed by atoms with Gasteiger partial charge in [0.2, 0.25) is 5.91 Å². The van der Waals surface area contributed by atoms with Crippen LogP contribution in [-0.4, -0.2) is 43.9 Å². The van der Waals surface area contributed by atoms with E-state index in [0.717, 1.165) is 24.4 Å². The van der Waals surface area contributed by atoms with Gasteiger partial charge >= 0.3 is 0 Å². The molecule has 21 heavy (non-hydrogen) atoms. The third-order valence-electron chi connectivity index (χ3n) is 3.93. The molecule has 0 aromatic carbocycles. The minimum absolute atomic E-state index is 0.325. The van der Waals surface area contributed by atoms with Gasteiger partial charge in [0.15, 0.2) is 5.82 Å². The first-order valence-electron chi connectivity index (χ1n) is 7.55. The number of aromatic nitrogens is 3. The summed E-state index contributed by atoms with van der Waals surface area (Å²) in [5.41, 5.74) is 0. The molecule has 1 aromatic rings. The Labute approximate surface area is 129 Å². The van der Waals surface area contributed by atoms with E-state index in [9.17, 15) is 9.90 Å². The molecule has 1 atom stereocenters. The first-order chi connectivity index (χ1) is 10.2. The van der Waals surface area contributed by atoms with E-state index in [2.05, 4.69) is 20.1 Å². The third kappa shape index (κ3) is 4.71. The lowest BCUT2D eigenvalue weighted by Crippen LogP contribution is -2.35. The Hall–Kier alpha value is -1.08. The zero-order valence-corrected chi connectivity index (χ0v) is 13.3. The molecule has 1 saturated carbocycles. The van der Waals surface area contributed by atoms with Crippen molar-refractivity contribution in [2.24, 2.45) is 0 Å². The van der Waals surface area contributed by atoms with Crippen LogP contribution in [0.5, 0.6) is 0 Å². The van der Waals surface area contributed by atoms with Gasteiger partial charge in [-0.1, -0.05) is 19.3 Å². The molecule has 1 fully saturated rings. The molecule has 0 saturated heterocycles. The molecule has 1 aliphatic rings. The van der Waals surface area contributed by atoms with Crippen molar-refractivity contribution in [3.8, 4) is 0 Å². The number of amides is 1. The summed E-state index contributed by atoms with van der Waals surface area (Å²) in [6.07, 6.45) is 9.31. The van der Waals surface area contributed by atoms with E-state index in [1.165, 1.54) is 19.3 Å². The molecular weight excluding hydrogens is 288 g/mol. The lowest BCUT2D eigenvalue weighted by atomic mass is 9.95. The Balaban J connectivity index is 1.85. The van der Waals surface area contributed by atoms with Crippen LogP contribution in [0.2, 0.25) is 0 Å². The van der Waals surface area contributed by atoms with Crippen molar-refractivity contribution >= 4 is 17.7 Å². The van der Waals surface area contributed by atoms with Crippen molar-refractivity contribution in [3.63, 3.8) is 0 Å². The zero-order chi connectivity index (χ0) is 15.1. The molecule has 1 heterocycles. The molecule has 118 valence electrons. The Morgan fingerprint density at radius 1 is 1.52 bits per heavy atom. The summed E-state index contributed by atoms with van der Waals surface area (Å²) in [7, 11) is 0. The van der Waals surface area contributed by atoms with Gasteiger partial charge in [0.1, 0.15) is 12.4 Å². The second kappa shape index (κ2) is 8.38. The quantitative estimate of drug-likeness (QED) is 0.798. The highest BCUT2D eigenvalue weighted by Crippen LogP contribution is 2.28. The SMILES string of the molecule is CSCC[C@H](O)C(=O)NCc1nncn1C1CCCCC1. The van der Waals surface area contributed by atoms with Gasteiger partial charge < -0.3 is 15.0 Å². The Kier molecular flexibility index (Phi) is 6.50. The summed E-state index contributed by atoms with van der Waals surface area (Å²) in [6, 6.07) is 0.446. The molecular formula is C14H24N4O2S. The summed E-state index contributed by atoms with van der Waals surface area (Å²) in [5, 5.41) is 20.5. The average molecular weight is 312 g/mol. The number of nitrogens with one attached hydrogen (secondary N) is 1. The molecule has 0 bridgehead atoms. The second-order valence-corrected chi connectivity index (χ2v) is 6.45. The lowest BCUT2D eigenvalue weighted by molar-refractivity contribution is -0.129. The van der Waals surface area contributed by atoms with Crippen LogP contribution in [0.3, 0.4) is 0 Å². The van der Waals surface area contributed by atoms with Crippen molar-refractivity contribution in [1.29, 1.82) is 0 Å². The number of aliphatic hydroxyl groups is 1.